The van der Waals surface area contributed by atoms with Crippen LogP contribution >= 0.6 is 0 Å². The number of aliphatic hydroxyl groups is 1. The van der Waals surface area contributed by atoms with Gasteiger partial charge in [-0.15, -0.1) is 0 Å². The Balaban J connectivity index is 1.95. The topological polar surface area (TPSA) is 64.3 Å². The first-order valence-electron chi connectivity index (χ1n) is 7.25. The Hall–Kier alpha value is -1.29. The van der Waals surface area contributed by atoms with Gasteiger partial charge >= 0.3 is 6.18 Å². The number of alkyl halides is 3. The zero-order valence-electron chi connectivity index (χ0n) is 11.7. The predicted molar refractivity (Wildman–Crippen MR) is 67.9 cm³/mol. The Labute approximate surface area is 121 Å². The van der Waals surface area contributed by atoms with Crippen LogP contribution in [0.4, 0.5) is 13.2 Å². The van der Waals surface area contributed by atoms with Gasteiger partial charge in [0.05, 0.1) is 6.07 Å². The highest BCUT2D eigenvalue weighted by Crippen LogP contribution is 2.40. The Morgan fingerprint density at radius 1 is 1.29 bits per heavy atom. The Bertz CT molecular complexity index is 430. The molecule has 0 aromatic rings. The average Bonchev–Trinajstić information content (AvgIpc) is 2.95. The van der Waals surface area contributed by atoms with Crippen molar-refractivity contribution < 1.29 is 23.1 Å². The monoisotopic (exact) mass is 304 g/mol. The number of carbonyl (C=O) groups is 1. The minimum Gasteiger partial charge on any atom is -0.383 e. The lowest BCUT2D eigenvalue weighted by atomic mass is 9.84. The van der Waals surface area contributed by atoms with E-state index in [9.17, 15) is 28.3 Å². The fourth-order valence-corrected chi connectivity index (χ4v) is 3.34. The molecule has 0 bridgehead atoms. The van der Waals surface area contributed by atoms with E-state index in [1.807, 2.05) is 0 Å². The molecule has 1 heterocycles. The lowest BCUT2D eigenvalue weighted by Crippen LogP contribution is -2.49. The van der Waals surface area contributed by atoms with Crippen molar-refractivity contribution >= 4 is 5.91 Å². The SMILES string of the molecule is N#CC1(C(=O)N2CCC(C(O)C(F)(F)F)CC2)CCCC1. The fourth-order valence-electron chi connectivity index (χ4n) is 3.34. The number of nitrogens with zero attached hydrogens (tertiary/aromatic N) is 2. The molecule has 21 heavy (non-hydrogen) atoms. The molecule has 0 aromatic heterocycles. The fraction of sp³-hybridized carbons (Fsp3) is 0.857. The largest absolute Gasteiger partial charge is 0.414 e. The van der Waals surface area contributed by atoms with Crippen molar-refractivity contribution in [1.29, 1.82) is 5.26 Å². The van der Waals surface area contributed by atoms with E-state index < -0.39 is 23.6 Å². The van der Waals surface area contributed by atoms with Crippen molar-refractivity contribution in [2.24, 2.45) is 11.3 Å². The van der Waals surface area contributed by atoms with Crippen LogP contribution in [0.3, 0.4) is 0 Å². The first-order valence-corrected chi connectivity index (χ1v) is 7.25. The summed E-state index contributed by atoms with van der Waals surface area (Å²) in [6, 6.07) is 2.11. The summed E-state index contributed by atoms with van der Waals surface area (Å²) in [4.78, 5) is 13.9. The van der Waals surface area contributed by atoms with Crippen LogP contribution in [-0.2, 0) is 4.79 Å². The van der Waals surface area contributed by atoms with Gasteiger partial charge in [-0.25, -0.2) is 0 Å². The number of likely N-dealkylation sites (tertiary alicyclic amines) is 1. The minimum atomic E-state index is -4.61. The van der Waals surface area contributed by atoms with Gasteiger partial charge in [-0.2, -0.15) is 18.4 Å². The van der Waals surface area contributed by atoms with E-state index in [0.29, 0.717) is 12.8 Å². The zero-order chi connectivity index (χ0) is 15.7. The van der Waals surface area contributed by atoms with Crippen LogP contribution in [-0.4, -0.2) is 41.3 Å². The average molecular weight is 304 g/mol. The summed E-state index contributed by atoms with van der Waals surface area (Å²) in [6.07, 6.45) is -3.96. The van der Waals surface area contributed by atoms with Gasteiger partial charge in [0.2, 0.25) is 5.91 Å². The van der Waals surface area contributed by atoms with Gasteiger partial charge in [-0.05, 0) is 31.6 Å². The van der Waals surface area contributed by atoms with E-state index in [1.165, 1.54) is 4.90 Å². The number of halogens is 3. The number of aliphatic hydroxyl groups excluding tert-OH is 1. The molecule has 2 aliphatic rings. The molecule has 1 saturated carbocycles. The van der Waals surface area contributed by atoms with E-state index in [0.717, 1.165) is 12.8 Å². The zero-order valence-corrected chi connectivity index (χ0v) is 11.7. The highest BCUT2D eigenvalue weighted by molar-refractivity contribution is 5.85. The van der Waals surface area contributed by atoms with E-state index in [-0.39, 0.29) is 31.8 Å². The maximum absolute atomic E-state index is 12.5. The molecule has 1 amide bonds. The number of hydrogen-bond donors (Lipinski definition) is 1. The van der Waals surface area contributed by atoms with Crippen LogP contribution in [0, 0.1) is 22.7 Å². The third-order valence-corrected chi connectivity index (χ3v) is 4.69. The van der Waals surface area contributed by atoms with Crippen LogP contribution in [0.25, 0.3) is 0 Å². The summed E-state index contributed by atoms with van der Waals surface area (Å²) in [7, 11) is 0. The minimum absolute atomic E-state index is 0.119. The smallest absolute Gasteiger partial charge is 0.383 e. The van der Waals surface area contributed by atoms with E-state index in [2.05, 4.69) is 6.07 Å². The third-order valence-electron chi connectivity index (χ3n) is 4.69. The maximum Gasteiger partial charge on any atom is 0.414 e. The molecule has 1 aliphatic carbocycles. The molecule has 0 spiro atoms. The van der Waals surface area contributed by atoms with Crippen LogP contribution in [0.2, 0.25) is 0 Å². The molecule has 1 N–H and O–H groups in total. The molecular weight excluding hydrogens is 285 g/mol. The highest BCUT2D eigenvalue weighted by atomic mass is 19.4. The number of nitriles is 1. The van der Waals surface area contributed by atoms with Crippen LogP contribution in [0.1, 0.15) is 38.5 Å². The summed E-state index contributed by atoms with van der Waals surface area (Å²) >= 11 is 0. The number of piperidine rings is 1. The Kier molecular flexibility index (Phi) is 4.47. The molecular formula is C14H19F3N2O2. The second-order valence-electron chi connectivity index (χ2n) is 6.02. The first-order chi connectivity index (χ1) is 9.80. The highest BCUT2D eigenvalue weighted by Gasteiger charge is 2.47. The van der Waals surface area contributed by atoms with Gasteiger partial charge in [0.1, 0.15) is 5.41 Å². The standard InChI is InChI=1S/C14H19F3N2O2/c15-14(16,17)11(20)10-3-7-19(8-4-10)12(21)13(9-18)5-1-2-6-13/h10-11,20H,1-8H2. The van der Waals surface area contributed by atoms with Gasteiger partial charge < -0.3 is 10.0 Å². The molecule has 4 nitrogen and oxygen atoms in total. The van der Waals surface area contributed by atoms with Gasteiger partial charge in [-0.3, -0.25) is 4.79 Å². The molecule has 0 radical (unpaired) electrons. The number of amides is 1. The van der Waals surface area contributed by atoms with E-state index in [4.69, 9.17) is 0 Å². The normalized spacial score (nSPS) is 24.6. The number of carbonyl (C=O) groups excluding carboxylic acids is 1. The predicted octanol–water partition coefficient (Wildman–Crippen LogP) is 2.23. The molecule has 2 fully saturated rings. The first kappa shape index (κ1) is 16.1. The second-order valence-corrected chi connectivity index (χ2v) is 6.02. The summed E-state index contributed by atoms with van der Waals surface area (Å²) in [6.45, 7) is 0.361. The molecule has 2 rings (SSSR count). The lowest BCUT2D eigenvalue weighted by molar-refractivity contribution is -0.223. The van der Waals surface area contributed by atoms with Crippen molar-refractivity contribution in [3.05, 3.63) is 0 Å². The van der Waals surface area contributed by atoms with Crippen LogP contribution < -0.4 is 0 Å². The molecule has 0 aromatic carbocycles. The van der Waals surface area contributed by atoms with Crippen molar-refractivity contribution in [2.75, 3.05) is 13.1 Å². The van der Waals surface area contributed by atoms with Crippen molar-refractivity contribution in [3.8, 4) is 6.07 Å². The van der Waals surface area contributed by atoms with Crippen molar-refractivity contribution in [1.82, 2.24) is 4.90 Å². The Morgan fingerprint density at radius 3 is 2.24 bits per heavy atom. The second kappa shape index (κ2) is 5.84. The summed E-state index contributed by atoms with van der Waals surface area (Å²) in [5.41, 5.74) is -0.977. The molecule has 1 saturated heterocycles. The van der Waals surface area contributed by atoms with E-state index >= 15 is 0 Å². The van der Waals surface area contributed by atoms with Crippen molar-refractivity contribution in [3.63, 3.8) is 0 Å². The van der Waals surface area contributed by atoms with E-state index in [1.54, 1.807) is 0 Å². The number of rotatable bonds is 2. The van der Waals surface area contributed by atoms with Gasteiger partial charge in [-0.1, -0.05) is 12.8 Å². The summed E-state index contributed by atoms with van der Waals surface area (Å²) < 4.78 is 37.4. The summed E-state index contributed by atoms with van der Waals surface area (Å²) in [5, 5.41) is 18.5. The van der Waals surface area contributed by atoms with Gasteiger partial charge in [0.25, 0.3) is 0 Å². The van der Waals surface area contributed by atoms with Crippen LogP contribution in [0.5, 0.6) is 0 Å². The van der Waals surface area contributed by atoms with Gasteiger partial charge in [0, 0.05) is 13.1 Å². The Morgan fingerprint density at radius 2 is 1.81 bits per heavy atom. The lowest BCUT2D eigenvalue weighted by Gasteiger charge is -2.37. The molecule has 7 heteroatoms. The third kappa shape index (κ3) is 3.15. The van der Waals surface area contributed by atoms with Crippen molar-refractivity contribution in [2.45, 2.75) is 50.8 Å². The molecule has 1 aliphatic heterocycles. The molecule has 1 unspecified atom stereocenters. The molecule has 118 valence electrons. The molecule has 1 atom stereocenters. The quantitative estimate of drug-likeness (QED) is 0.851. The number of hydrogen-bond acceptors (Lipinski definition) is 3. The van der Waals surface area contributed by atoms with Gasteiger partial charge in [0.15, 0.2) is 6.10 Å². The van der Waals surface area contributed by atoms with Crippen LogP contribution in [0.15, 0.2) is 0 Å². The summed E-state index contributed by atoms with van der Waals surface area (Å²) in [5.74, 6) is -1.11. The maximum atomic E-state index is 12.5.